The van der Waals surface area contributed by atoms with E-state index in [1.807, 2.05) is 58.1 Å². The molecule has 10 heteroatoms. The van der Waals surface area contributed by atoms with Gasteiger partial charge in [0, 0.05) is 6.42 Å². The number of aliphatic hydroxyl groups is 5. The van der Waals surface area contributed by atoms with Crippen molar-refractivity contribution in [2.45, 2.75) is 84.4 Å². The molecule has 5 N–H and O–H groups in total. The van der Waals surface area contributed by atoms with Crippen molar-refractivity contribution in [2.75, 3.05) is 13.2 Å². The molecule has 0 saturated carbocycles. The van der Waals surface area contributed by atoms with Gasteiger partial charge in [-0.2, -0.15) is 0 Å². The molecule has 0 fully saturated rings. The molecule has 1 aliphatic rings. The minimum Gasteiger partial charge on any atom is -0.463 e. The zero-order chi connectivity index (χ0) is 29.9. The van der Waals surface area contributed by atoms with Crippen molar-refractivity contribution in [3.8, 4) is 0 Å². The van der Waals surface area contributed by atoms with Crippen LogP contribution in [0.25, 0.3) is 0 Å². The van der Waals surface area contributed by atoms with Crippen LogP contribution < -0.4 is 0 Å². The second-order valence-electron chi connectivity index (χ2n) is 10.4. The number of ketones is 1. The molecule has 0 amide bonds. The Kier molecular flexibility index (Phi) is 13.7. The molecule has 0 heterocycles. The quantitative estimate of drug-likeness (QED) is 0.158. The molecule has 1 aliphatic carbocycles. The van der Waals surface area contributed by atoms with Crippen molar-refractivity contribution >= 4 is 17.7 Å². The summed E-state index contributed by atoms with van der Waals surface area (Å²) in [5.74, 6) is -1.96. The van der Waals surface area contributed by atoms with Gasteiger partial charge >= 0.3 is 11.9 Å². The maximum absolute atomic E-state index is 13.0. The number of carbonyl (C=O) groups excluding carboxylic acids is 3. The third kappa shape index (κ3) is 11.0. The molecule has 0 saturated heterocycles. The predicted molar refractivity (Wildman–Crippen MR) is 144 cm³/mol. The molecular formula is C29H42O10. The van der Waals surface area contributed by atoms with E-state index in [0.29, 0.717) is 5.57 Å². The Morgan fingerprint density at radius 1 is 1.05 bits per heavy atom. The first-order valence-corrected chi connectivity index (χ1v) is 12.7. The molecule has 0 spiro atoms. The van der Waals surface area contributed by atoms with Gasteiger partial charge in [0.25, 0.3) is 0 Å². The second kappa shape index (κ2) is 15.6. The lowest BCUT2D eigenvalue weighted by Crippen LogP contribution is -2.47. The van der Waals surface area contributed by atoms with E-state index in [-0.39, 0.29) is 18.6 Å². The second-order valence-corrected chi connectivity index (χ2v) is 10.4. The number of hydrogen-bond donors (Lipinski definition) is 5. The molecule has 218 valence electrons. The number of esters is 2. The summed E-state index contributed by atoms with van der Waals surface area (Å²) >= 11 is 0. The Morgan fingerprint density at radius 2 is 1.64 bits per heavy atom. The Morgan fingerprint density at radius 3 is 2.23 bits per heavy atom. The van der Waals surface area contributed by atoms with Gasteiger partial charge in [-0.3, -0.25) is 14.4 Å². The molecule has 10 nitrogen and oxygen atoms in total. The summed E-state index contributed by atoms with van der Waals surface area (Å²) in [5.41, 5.74) is 2.79. The highest BCUT2D eigenvalue weighted by molar-refractivity contribution is 6.01. The fraction of sp³-hybridized carbons (Fsp3) is 0.552. The number of carbonyl (C=O) groups is 3. The van der Waals surface area contributed by atoms with Crippen molar-refractivity contribution in [3.05, 3.63) is 59.3 Å². The molecular weight excluding hydrogens is 508 g/mol. The molecule has 0 bridgehead atoms. The van der Waals surface area contributed by atoms with Crippen LogP contribution in [-0.4, -0.2) is 87.0 Å². The topological polar surface area (TPSA) is 171 Å². The van der Waals surface area contributed by atoms with Crippen LogP contribution in [-0.2, 0) is 23.9 Å². The number of ether oxygens (including phenoxy) is 2. The van der Waals surface area contributed by atoms with Crippen molar-refractivity contribution in [3.63, 3.8) is 0 Å². The summed E-state index contributed by atoms with van der Waals surface area (Å²) < 4.78 is 10.2. The van der Waals surface area contributed by atoms with Crippen LogP contribution in [0.1, 0.15) is 53.9 Å². The number of allylic oxidation sites excluding steroid dienone is 8. The molecule has 0 aromatic rings. The molecule has 0 radical (unpaired) electrons. The third-order valence-electron chi connectivity index (χ3n) is 6.29. The first-order valence-electron chi connectivity index (χ1n) is 12.7. The SMILES string of the molecule is C=C(C)/C=C/C=C(C)/C=C/C1=C(C)C(=O)C(OC(=O)CCC(=O)OCC(O)C(O)C(O)C(O)CO)CC1(C)C. The molecule has 0 aromatic heterocycles. The monoisotopic (exact) mass is 550 g/mol. The zero-order valence-electron chi connectivity index (χ0n) is 23.3. The molecule has 5 unspecified atom stereocenters. The summed E-state index contributed by atoms with van der Waals surface area (Å²) in [5, 5.41) is 47.2. The summed E-state index contributed by atoms with van der Waals surface area (Å²) in [6.07, 6.45) is 0.889. The maximum atomic E-state index is 13.0. The lowest BCUT2D eigenvalue weighted by Gasteiger charge is -2.36. The highest BCUT2D eigenvalue weighted by Crippen LogP contribution is 2.40. The van der Waals surface area contributed by atoms with Crippen molar-refractivity contribution < 1.29 is 49.4 Å². The summed E-state index contributed by atoms with van der Waals surface area (Å²) in [6, 6.07) is 0. The smallest absolute Gasteiger partial charge is 0.307 e. The molecule has 39 heavy (non-hydrogen) atoms. The lowest BCUT2D eigenvalue weighted by molar-refractivity contribution is -0.161. The Bertz CT molecular complexity index is 1020. The van der Waals surface area contributed by atoms with Crippen LogP contribution in [0.15, 0.2) is 59.3 Å². The molecule has 0 aliphatic heterocycles. The average molecular weight is 551 g/mol. The number of aliphatic hydroxyl groups excluding tert-OH is 5. The van der Waals surface area contributed by atoms with E-state index in [9.17, 15) is 34.8 Å². The number of hydrogen-bond acceptors (Lipinski definition) is 10. The van der Waals surface area contributed by atoms with Crippen LogP contribution in [0, 0.1) is 5.41 Å². The van der Waals surface area contributed by atoms with Gasteiger partial charge in [0.2, 0.25) is 0 Å². The normalized spacial score (nSPS) is 21.1. The first kappa shape index (κ1) is 34.1. The highest BCUT2D eigenvalue weighted by Gasteiger charge is 2.40. The van der Waals surface area contributed by atoms with Crippen LogP contribution >= 0.6 is 0 Å². The minimum absolute atomic E-state index is 0.267. The predicted octanol–water partition coefficient (Wildman–Crippen LogP) is 1.61. The highest BCUT2D eigenvalue weighted by atomic mass is 16.6. The Balaban J connectivity index is 2.69. The van der Waals surface area contributed by atoms with Crippen molar-refractivity contribution in [2.24, 2.45) is 5.41 Å². The van der Waals surface area contributed by atoms with Gasteiger partial charge in [-0.25, -0.2) is 0 Å². The van der Waals surface area contributed by atoms with Gasteiger partial charge in [-0.15, -0.1) is 0 Å². The lowest BCUT2D eigenvalue weighted by atomic mass is 9.71. The van der Waals surface area contributed by atoms with Gasteiger partial charge in [-0.1, -0.05) is 62.0 Å². The van der Waals surface area contributed by atoms with Gasteiger partial charge in [0.05, 0.1) is 19.4 Å². The summed E-state index contributed by atoms with van der Waals surface area (Å²) in [7, 11) is 0. The van der Waals surface area contributed by atoms with Gasteiger partial charge in [0.15, 0.2) is 11.9 Å². The average Bonchev–Trinajstić information content (AvgIpc) is 2.86. The van der Waals surface area contributed by atoms with E-state index in [4.69, 9.17) is 14.6 Å². The minimum atomic E-state index is -1.88. The van der Waals surface area contributed by atoms with E-state index >= 15 is 0 Å². The van der Waals surface area contributed by atoms with E-state index < -0.39 is 67.5 Å². The van der Waals surface area contributed by atoms with Crippen LogP contribution in [0.4, 0.5) is 0 Å². The molecule has 0 aromatic carbocycles. The largest absolute Gasteiger partial charge is 0.463 e. The van der Waals surface area contributed by atoms with E-state index in [0.717, 1.165) is 16.7 Å². The molecule has 5 atom stereocenters. The Hall–Kier alpha value is -2.89. The van der Waals surface area contributed by atoms with Gasteiger partial charge in [0.1, 0.15) is 31.0 Å². The van der Waals surface area contributed by atoms with E-state index in [2.05, 4.69) is 6.58 Å². The number of Topliss-reactive ketones (excluding diaryl/α,β-unsaturated/α-hetero) is 1. The zero-order valence-corrected chi connectivity index (χ0v) is 23.3. The van der Waals surface area contributed by atoms with Crippen LogP contribution in [0.5, 0.6) is 0 Å². The third-order valence-corrected chi connectivity index (χ3v) is 6.29. The van der Waals surface area contributed by atoms with Crippen LogP contribution in [0.2, 0.25) is 0 Å². The van der Waals surface area contributed by atoms with E-state index in [1.165, 1.54) is 0 Å². The standard InChI is InChI=1S/C29H42O10/c1-17(2)8-7-9-18(3)10-11-20-19(4)26(35)23(14-29(20,5)6)39-25(34)13-12-24(33)38-16-22(32)28(37)27(36)21(31)15-30/h7-11,21-23,27-28,30-32,36-37H,1,12-16H2,2-6H3/b8-7+,11-10+,18-9+. The fourth-order valence-electron chi connectivity index (χ4n) is 3.96. The Labute approximate surface area is 229 Å². The summed E-state index contributed by atoms with van der Waals surface area (Å²) in [6.45, 7) is 11.7. The first-order chi connectivity index (χ1) is 18.1. The van der Waals surface area contributed by atoms with Crippen LogP contribution in [0.3, 0.4) is 0 Å². The summed E-state index contributed by atoms with van der Waals surface area (Å²) in [4.78, 5) is 37.3. The van der Waals surface area contributed by atoms with Crippen molar-refractivity contribution in [1.29, 1.82) is 0 Å². The fourth-order valence-corrected chi connectivity index (χ4v) is 3.96. The van der Waals surface area contributed by atoms with Crippen molar-refractivity contribution in [1.82, 2.24) is 0 Å². The van der Waals surface area contributed by atoms with Gasteiger partial charge < -0.3 is 35.0 Å². The van der Waals surface area contributed by atoms with E-state index in [1.54, 1.807) is 6.92 Å². The number of rotatable bonds is 14. The van der Waals surface area contributed by atoms with Gasteiger partial charge in [-0.05, 0) is 37.3 Å². The maximum Gasteiger partial charge on any atom is 0.307 e. The molecule has 1 rings (SSSR count).